The van der Waals surface area contributed by atoms with Crippen molar-refractivity contribution in [3.63, 3.8) is 0 Å². The van der Waals surface area contributed by atoms with Gasteiger partial charge >= 0.3 is 19.1 Å². The third-order valence-corrected chi connectivity index (χ3v) is 20.4. The zero-order valence-electron chi connectivity index (χ0n) is 59.2. The fourth-order valence-corrected chi connectivity index (χ4v) is 11.5. The standard InChI is InChI=1S/C36H39N3O5Si.C22H26BrN3O3Si.C20H25BO4/c1-41-31-15-10-28(11-16-31)24-43-32-17-12-29(13-18-32)33-19-14-30(22-37-33)35-38-34(23-39(35)26-42-20-21-45(2,3)4)36(40)44-25-27-8-6-5-7-9-27;1-30(2,3)12-11-28-16-26-14-19(22(27)29-15-17-7-5-4-6-8-17)25-21(26)18-9-10-20(23)24-13-18;1-19(2)20(3,4)25-21(24-19)16-8-12-18(13-9-16)23-14-15-6-10-17(22-5)11-7-15/h5-19,22-23H,20-21,24-26H2,1-4H3;4-10,13-14H,11-12,15-16H2,1-3H3;6-13H,14H2,1-5H3. The molecule has 11 rings (SSSR count). The summed E-state index contributed by atoms with van der Waals surface area (Å²) in [6.45, 7) is 25.4. The Balaban J connectivity index is 0.000000184. The third kappa shape index (κ3) is 22.8. The number of halogens is 1. The quantitative estimate of drug-likeness (QED) is 0.0195. The highest BCUT2D eigenvalue weighted by atomic mass is 79.9. The Labute approximate surface area is 598 Å². The van der Waals surface area contributed by atoms with Crippen LogP contribution in [0.1, 0.15) is 70.9 Å². The summed E-state index contributed by atoms with van der Waals surface area (Å²) in [6.07, 6.45) is 6.85. The summed E-state index contributed by atoms with van der Waals surface area (Å²) < 4.78 is 61.6. The molecular weight excluding hydrogens is 1360 g/mol. The average Bonchev–Trinajstić information content (AvgIpc) is 1.76. The van der Waals surface area contributed by atoms with Crippen LogP contribution in [0.5, 0.6) is 23.0 Å². The Kier molecular flexibility index (Phi) is 26.6. The second kappa shape index (κ2) is 35.4. The number of pyridine rings is 2. The first-order valence-electron chi connectivity index (χ1n) is 33.3. The molecule has 100 heavy (non-hydrogen) atoms. The molecule has 1 fully saturated rings. The van der Waals surface area contributed by atoms with Gasteiger partial charge in [0.25, 0.3) is 0 Å². The van der Waals surface area contributed by atoms with Crippen LogP contribution in [-0.4, -0.2) is 103 Å². The summed E-state index contributed by atoms with van der Waals surface area (Å²) in [5, 5.41) is 0. The lowest BCUT2D eigenvalue weighted by Gasteiger charge is -2.32. The Morgan fingerprint density at radius 3 is 1.25 bits per heavy atom. The van der Waals surface area contributed by atoms with Crippen LogP contribution in [-0.2, 0) is 68.1 Å². The molecule has 4 aromatic heterocycles. The third-order valence-electron chi connectivity index (χ3n) is 16.5. The van der Waals surface area contributed by atoms with Gasteiger partial charge in [-0.05, 0) is 168 Å². The van der Waals surface area contributed by atoms with Crippen molar-refractivity contribution < 1.29 is 56.8 Å². The van der Waals surface area contributed by atoms with Crippen LogP contribution in [0.15, 0.2) is 211 Å². The SMILES string of the molecule is COc1ccc(COc2ccc(-c3ccc(-c4nc(C(=O)OCc5ccccc5)cn4COCC[Si](C)(C)C)cn3)cc2)cc1.COc1ccc(COc2ccc(B3OC(C)(C)C(C)(C)O3)cc2)cc1.C[Si](C)(C)CCOCn1cc(C(=O)OCc2ccccc2)nc1-c1ccc(Br)nc1. The van der Waals surface area contributed by atoms with E-state index in [2.05, 4.69) is 97.9 Å². The molecule has 0 amide bonds. The van der Waals surface area contributed by atoms with E-state index in [0.717, 1.165) is 89.8 Å². The van der Waals surface area contributed by atoms with Crippen molar-refractivity contribution >= 4 is 56.6 Å². The van der Waals surface area contributed by atoms with Crippen LogP contribution in [0, 0.1) is 0 Å². The van der Waals surface area contributed by atoms with E-state index in [4.69, 9.17) is 52.2 Å². The maximum absolute atomic E-state index is 12.9. The number of carbonyl (C=O) groups is 2. The van der Waals surface area contributed by atoms with Crippen LogP contribution < -0.4 is 24.4 Å². The van der Waals surface area contributed by atoms with Gasteiger partial charge in [-0.3, -0.25) is 4.98 Å². The van der Waals surface area contributed by atoms with Gasteiger partial charge in [-0.15, -0.1) is 0 Å². The normalized spacial score (nSPS) is 13.1. The molecule has 5 heterocycles. The Bertz CT molecular complexity index is 4160. The van der Waals surface area contributed by atoms with E-state index in [-0.39, 0.29) is 49.7 Å². The van der Waals surface area contributed by atoms with Gasteiger partial charge < -0.3 is 56.3 Å². The van der Waals surface area contributed by atoms with Gasteiger partial charge in [0.15, 0.2) is 11.4 Å². The van der Waals surface area contributed by atoms with Crippen LogP contribution >= 0.6 is 15.9 Å². The van der Waals surface area contributed by atoms with E-state index in [1.54, 1.807) is 39.0 Å². The van der Waals surface area contributed by atoms with Gasteiger partial charge in [0.1, 0.15) is 79.1 Å². The van der Waals surface area contributed by atoms with Gasteiger partial charge in [0.05, 0.1) is 31.1 Å². The molecule has 0 N–H and O–H groups in total. The minimum Gasteiger partial charge on any atom is -0.497 e. The van der Waals surface area contributed by atoms with Crippen LogP contribution in [0.2, 0.25) is 51.4 Å². The van der Waals surface area contributed by atoms with Gasteiger partial charge in [-0.2, -0.15) is 0 Å². The number of hydrogen-bond acceptors (Lipinski definition) is 16. The highest BCUT2D eigenvalue weighted by molar-refractivity contribution is 9.10. The number of imidazole rings is 2. The molecule has 0 aliphatic carbocycles. The number of aromatic nitrogens is 6. The monoisotopic (exact) mass is 1450 g/mol. The van der Waals surface area contributed by atoms with Gasteiger partial charge in [0.2, 0.25) is 0 Å². The van der Waals surface area contributed by atoms with Crippen molar-refractivity contribution in [3.8, 4) is 57.0 Å². The van der Waals surface area contributed by atoms with Gasteiger partial charge in [-0.25, -0.2) is 24.5 Å². The first kappa shape index (κ1) is 75.2. The maximum Gasteiger partial charge on any atom is 0.494 e. The molecule has 1 aliphatic rings. The first-order valence-corrected chi connectivity index (χ1v) is 41.5. The molecule has 1 aliphatic heterocycles. The Morgan fingerprint density at radius 2 is 0.860 bits per heavy atom. The van der Waals surface area contributed by atoms with Crippen molar-refractivity contribution in [3.05, 3.63) is 245 Å². The number of esters is 2. The summed E-state index contributed by atoms with van der Waals surface area (Å²) in [6, 6.07) is 60.3. The number of methoxy groups -OCH3 is 2. The lowest BCUT2D eigenvalue weighted by Crippen LogP contribution is -2.41. The van der Waals surface area contributed by atoms with Crippen molar-refractivity contribution in [2.24, 2.45) is 0 Å². The number of benzene rings is 6. The number of rotatable bonds is 28. The molecular formula is C78H90BBrN6O12Si2. The van der Waals surface area contributed by atoms with Crippen molar-refractivity contribution in [2.75, 3.05) is 27.4 Å². The number of ether oxygens (including phenoxy) is 8. The molecule has 0 spiro atoms. The minimum absolute atomic E-state index is 0.177. The molecule has 0 radical (unpaired) electrons. The first-order chi connectivity index (χ1) is 47.9. The summed E-state index contributed by atoms with van der Waals surface area (Å²) >= 11 is 3.34. The van der Waals surface area contributed by atoms with E-state index < -0.39 is 28.1 Å². The largest absolute Gasteiger partial charge is 0.497 e. The minimum atomic E-state index is -1.24. The Hall–Kier alpha value is -9.00. The van der Waals surface area contributed by atoms with E-state index in [1.807, 2.05) is 191 Å². The topological polar surface area (TPSA) is 188 Å². The van der Waals surface area contributed by atoms with Crippen molar-refractivity contribution in [2.45, 2.75) is 130 Å². The van der Waals surface area contributed by atoms with Crippen molar-refractivity contribution in [1.82, 2.24) is 29.1 Å². The van der Waals surface area contributed by atoms with E-state index in [0.29, 0.717) is 44.8 Å². The summed E-state index contributed by atoms with van der Waals surface area (Å²) in [5.41, 5.74) is 8.14. The molecule has 22 heteroatoms. The summed E-state index contributed by atoms with van der Waals surface area (Å²) in [5.74, 6) is 3.51. The molecule has 0 unspecified atom stereocenters. The smallest absolute Gasteiger partial charge is 0.494 e. The highest BCUT2D eigenvalue weighted by Gasteiger charge is 2.51. The van der Waals surface area contributed by atoms with E-state index >= 15 is 0 Å². The fourth-order valence-electron chi connectivity index (χ4n) is 9.77. The molecule has 0 saturated carbocycles. The predicted octanol–water partition coefficient (Wildman–Crippen LogP) is 16.8. The van der Waals surface area contributed by atoms with Gasteiger partial charge in [0, 0.05) is 70.8 Å². The highest BCUT2D eigenvalue weighted by Crippen LogP contribution is 2.37. The molecule has 18 nitrogen and oxygen atoms in total. The fraction of sp³-hybridized carbons (Fsp3) is 0.308. The van der Waals surface area contributed by atoms with Crippen LogP contribution in [0.4, 0.5) is 0 Å². The molecule has 522 valence electrons. The van der Waals surface area contributed by atoms with Crippen molar-refractivity contribution in [1.29, 1.82) is 0 Å². The lowest BCUT2D eigenvalue weighted by atomic mass is 9.79. The van der Waals surface area contributed by atoms with Crippen LogP contribution in [0.25, 0.3) is 34.0 Å². The van der Waals surface area contributed by atoms with E-state index in [9.17, 15) is 9.59 Å². The van der Waals surface area contributed by atoms with Crippen LogP contribution in [0.3, 0.4) is 0 Å². The number of nitrogens with zero attached hydrogens (tertiary/aromatic N) is 6. The molecule has 0 bridgehead atoms. The second-order valence-electron chi connectivity index (χ2n) is 27.4. The zero-order valence-corrected chi connectivity index (χ0v) is 62.8. The predicted molar refractivity (Wildman–Crippen MR) is 400 cm³/mol. The Morgan fingerprint density at radius 1 is 0.470 bits per heavy atom. The molecule has 1 saturated heterocycles. The molecule has 6 aromatic carbocycles. The molecule has 10 aromatic rings. The van der Waals surface area contributed by atoms with Gasteiger partial charge in [-0.1, -0.05) is 136 Å². The summed E-state index contributed by atoms with van der Waals surface area (Å²) in [7, 11) is 0.550. The van der Waals surface area contributed by atoms with E-state index in [1.165, 1.54) is 0 Å². The zero-order chi connectivity index (χ0) is 71.3. The summed E-state index contributed by atoms with van der Waals surface area (Å²) in [4.78, 5) is 43.6. The number of carbonyl (C=O) groups excluding carboxylic acids is 2. The lowest BCUT2D eigenvalue weighted by molar-refractivity contribution is 0.00578. The number of hydrogen-bond donors (Lipinski definition) is 0. The second-order valence-corrected chi connectivity index (χ2v) is 39.5. The maximum atomic E-state index is 12.9. The molecule has 0 atom stereocenters. The average molecular weight is 1450 g/mol.